The van der Waals surface area contributed by atoms with E-state index in [4.69, 9.17) is 10.7 Å². The third-order valence-corrected chi connectivity index (χ3v) is 5.87. The monoisotopic (exact) mass is 406 g/mol. The van der Waals surface area contributed by atoms with Gasteiger partial charge in [-0.25, -0.2) is 9.97 Å². The van der Waals surface area contributed by atoms with Crippen LogP contribution in [0.15, 0.2) is 30.6 Å². The minimum atomic E-state index is -0.482. The number of rotatable bonds is 5. The predicted octanol–water partition coefficient (Wildman–Crippen LogP) is 3.27. The number of nitrogens with zero attached hydrogens (tertiary/aromatic N) is 4. The molecule has 0 radical (unpaired) electrons. The Labute approximate surface area is 175 Å². The molecule has 2 heterocycles. The lowest BCUT2D eigenvalue weighted by atomic mass is 10.1. The zero-order chi connectivity index (χ0) is 21.4. The highest BCUT2D eigenvalue weighted by molar-refractivity contribution is 6.00. The zero-order valence-corrected chi connectivity index (χ0v) is 17.5. The molecular formula is C22H26N6O2. The number of benzene rings is 1. The maximum Gasteiger partial charge on any atom is 0.248 e. The Kier molecular flexibility index (Phi) is 5.15. The van der Waals surface area contributed by atoms with Gasteiger partial charge < -0.3 is 20.5 Å². The average molecular weight is 406 g/mol. The summed E-state index contributed by atoms with van der Waals surface area (Å²) in [5.74, 6) is 0.636. The van der Waals surface area contributed by atoms with Crippen LogP contribution in [0.4, 0.5) is 17.3 Å². The van der Waals surface area contributed by atoms with Crippen molar-refractivity contribution in [1.82, 2.24) is 14.5 Å². The van der Waals surface area contributed by atoms with Gasteiger partial charge in [-0.05, 0) is 37.5 Å². The van der Waals surface area contributed by atoms with Crippen molar-refractivity contribution in [3.63, 3.8) is 0 Å². The second kappa shape index (κ2) is 7.78. The van der Waals surface area contributed by atoms with E-state index in [2.05, 4.69) is 10.3 Å². The summed E-state index contributed by atoms with van der Waals surface area (Å²) < 4.78 is 1.90. The molecule has 3 aromatic rings. The number of carbonyl (C=O) groups excluding carboxylic acids is 2. The zero-order valence-electron chi connectivity index (χ0n) is 17.5. The second-order valence-electron chi connectivity index (χ2n) is 7.95. The summed E-state index contributed by atoms with van der Waals surface area (Å²) in [7, 11) is 3.78. The Morgan fingerprint density at radius 1 is 1.23 bits per heavy atom. The molecule has 8 heteroatoms. The van der Waals surface area contributed by atoms with Gasteiger partial charge in [-0.1, -0.05) is 18.9 Å². The van der Waals surface area contributed by atoms with Gasteiger partial charge >= 0.3 is 0 Å². The van der Waals surface area contributed by atoms with E-state index in [0.29, 0.717) is 22.7 Å². The van der Waals surface area contributed by atoms with E-state index in [1.807, 2.05) is 42.6 Å². The fraction of sp³-hybridized carbons (Fsp3) is 0.364. The van der Waals surface area contributed by atoms with Crippen molar-refractivity contribution >= 4 is 40.2 Å². The molecule has 4 rings (SSSR count). The van der Waals surface area contributed by atoms with Crippen molar-refractivity contribution in [2.24, 2.45) is 18.7 Å². The number of hydrogen-bond acceptors (Lipinski definition) is 5. The number of aromatic nitrogens is 3. The number of nitrogens with two attached hydrogens (primary N) is 1. The molecule has 0 saturated heterocycles. The number of nitrogens with one attached hydrogen (secondary N) is 1. The molecule has 2 aromatic heterocycles. The highest BCUT2D eigenvalue weighted by atomic mass is 16.2. The number of hydrogen-bond donors (Lipinski definition) is 2. The molecule has 30 heavy (non-hydrogen) atoms. The second-order valence-corrected chi connectivity index (χ2v) is 7.95. The summed E-state index contributed by atoms with van der Waals surface area (Å²) in [6.45, 7) is 1.96. The summed E-state index contributed by atoms with van der Waals surface area (Å²) in [5, 5.41) is 3.00. The molecule has 8 nitrogen and oxygen atoms in total. The largest absolute Gasteiger partial charge is 0.366 e. The summed E-state index contributed by atoms with van der Waals surface area (Å²) in [6.07, 6.45) is 5.71. The standard InChI is InChI=1S/C22H26N6O2/c1-13-8-9-15(20(23)29)10-16(13)28(3)18-11-17-19(24-12-27(17)2)21(25-18)26-22(30)14-6-4-5-7-14/h8-12,14H,4-7H2,1-3H3,(H2,23,29)(H,25,26,30). The van der Waals surface area contributed by atoms with Gasteiger partial charge in [-0.15, -0.1) is 0 Å². The summed E-state index contributed by atoms with van der Waals surface area (Å²) in [4.78, 5) is 35.4. The molecule has 156 valence electrons. The van der Waals surface area contributed by atoms with Gasteiger partial charge in [0.15, 0.2) is 5.82 Å². The highest BCUT2D eigenvalue weighted by Gasteiger charge is 2.24. The minimum Gasteiger partial charge on any atom is -0.366 e. The summed E-state index contributed by atoms with van der Waals surface area (Å²) >= 11 is 0. The van der Waals surface area contributed by atoms with Gasteiger partial charge in [0.1, 0.15) is 11.3 Å². The Morgan fingerprint density at radius 3 is 2.67 bits per heavy atom. The third kappa shape index (κ3) is 3.60. The molecular weight excluding hydrogens is 380 g/mol. The van der Waals surface area contributed by atoms with Crippen molar-refractivity contribution < 1.29 is 9.59 Å². The molecule has 0 spiro atoms. The maximum atomic E-state index is 12.7. The van der Waals surface area contributed by atoms with Crippen molar-refractivity contribution in [2.75, 3.05) is 17.3 Å². The number of fused-ring (bicyclic) bond motifs is 1. The number of pyridine rings is 1. The van der Waals surface area contributed by atoms with Crippen LogP contribution < -0.4 is 16.0 Å². The van der Waals surface area contributed by atoms with E-state index < -0.39 is 5.91 Å². The van der Waals surface area contributed by atoms with Crippen LogP contribution in [-0.4, -0.2) is 33.4 Å². The predicted molar refractivity (Wildman–Crippen MR) is 117 cm³/mol. The van der Waals surface area contributed by atoms with Gasteiger partial charge in [0.05, 0.1) is 11.8 Å². The third-order valence-electron chi connectivity index (χ3n) is 5.87. The van der Waals surface area contributed by atoms with Crippen LogP contribution in [0.1, 0.15) is 41.6 Å². The summed E-state index contributed by atoms with van der Waals surface area (Å²) in [5.41, 5.74) is 9.19. The van der Waals surface area contributed by atoms with Crippen LogP contribution in [0.3, 0.4) is 0 Å². The number of carbonyl (C=O) groups is 2. The Hall–Kier alpha value is -3.42. The number of anilines is 3. The van der Waals surface area contributed by atoms with E-state index in [0.717, 1.165) is 42.5 Å². The van der Waals surface area contributed by atoms with Gasteiger partial charge in [0, 0.05) is 37.3 Å². The van der Waals surface area contributed by atoms with Crippen LogP contribution in [0.2, 0.25) is 0 Å². The molecule has 3 N–H and O–H groups in total. The number of imidazole rings is 1. The first-order valence-corrected chi connectivity index (χ1v) is 10.1. The maximum absolute atomic E-state index is 12.7. The molecule has 0 aliphatic heterocycles. The van der Waals surface area contributed by atoms with E-state index in [9.17, 15) is 9.59 Å². The fourth-order valence-electron chi connectivity index (χ4n) is 4.03. The Morgan fingerprint density at radius 2 is 1.97 bits per heavy atom. The lowest BCUT2D eigenvalue weighted by Crippen LogP contribution is -2.22. The summed E-state index contributed by atoms with van der Waals surface area (Å²) in [6, 6.07) is 7.24. The first-order valence-electron chi connectivity index (χ1n) is 10.1. The highest BCUT2D eigenvalue weighted by Crippen LogP contribution is 2.32. The van der Waals surface area contributed by atoms with E-state index in [1.165, 1.54) is 0 Å². The molecule has 2 amide bonds. The molecule has 1 aliphatic carbocycles. The van der Waals surface area contributed by atoms with Crippen LogP contribution in [0.25, 0.3) is 11.0 Å². The Bertz CT molecular complexity index is 1130. The van der Waals surface area contributed by atoms with Gasteiger partial charge in [-0.3, -0.25) is 9.59 Å². The van der Waals surface area contributed by atoms with Gasteiger partial charge in [-0.2, -0.15) is 0 Å². The molecule has 1 saturated carbocycles. The number of aryl methyl sites for hydroxylation is 2. The molecule has 0 bridgehead atoms. The first kappa shape index (κ1) is 19.9. The van der Waals surface area contributed by atoms with Crippen LogP contribution in [0, 0.1) is 12.8 Å². The molecule has 0 atom stereocenters. The lowest BCUT2D eigenvalue weighted by Gasteiger charge is -2.22. The number of amides is 2. The van der Waals surface area contributed by atoms with E-state index >= 15 is 0 Å². The lowest BCUT2D eigenvalue weighted by molar-refractivity contribution is -0.119. The first-order chi connectivity index (χ1) is 14.3. The van der Waals surface area contributed by atoms with Crippen LogP contribution >= 0.6 is 0 Å². The molecule has 1 aromatic carbocycles. The quantitative estimate of drug-likeness (QED) is 0.676. The van der Waals surface area contributed by atoms with Crippen molar-refractivity contribution in [2.45, 2.75) is 32.6 Å². The van der Waals surface area contributed by atoms with Gasteiger partial charge in [0.2, 0.25) is 11.8 Å². The molecule has 1 aliphatic rings. The van der Waals surface area contributed by atoms with Crippen molar-refractivity contribution in [3.05, 3.63) is 41.7 Å². The fourth-order valence-corrected chi connectivity index (χ4v) is 4.03. The minimum absolute atomic E-state index is 0.00124. The SMILES string of the molecule is Cc1ccc(C(N)=O)cc1N(C)c1cc2c(ncn2C)c(NC(=O)C2CCCC2)n1. The van der Waals surface area contributed by atoms with E-state index in [-0.39, 0.29) is 11.8 Å². The molecule has 0 unspecified atom stereocenters. The van der Waals surface area contributed by atoms with Crippen LogP contribution in [0.5, 0.6) is 0 Å². The topological polar surface area (TPSA) is 106 Å². The smallest absolute Gasteiger partial charge is 0.248 e. The van der Waals surface area contributed by atoms with Crippen molar-refractivity contribution in [3.8, 4) is 0 Å². The van der Waals surface area contributed by atoms with Crippen LogP contribution in [-0.2, 0) is 11.8 Å². The van der Waals surface area contributed by atoms with Gasteiger partial charge in [0.25, 0.3) is 0 Å². The average Bonchev–Trinajstić information content (AvgIpc) is 3.38. The van der Waals surface area contributed by atoms with E-state index in [1.54, 1.807) is 18.5 Å². The Balaban J connectivity index is 1.76. The van der Waals surface area contributed by atoms with Crippen molar-refractivity contribution in [1.29, 1.82) is 0 Å². The number of primary amides is 1. The molecule has 1 fully saturated rings. The normalized spacial score (nSPS) is 14.2.